The first-order valence-electron chi connectivity index (χ1n) is 7.20. The highest BCUT2D eigenvalue weighted by Gasteiger charge is 2.45. The van der Waals surface area contributed by atoms with Crippen molar-refractivity contribution in [2.24, 2.45) is 17.6 Å². The van der Waals surface area contributed by atoms with E-state index in [9.17, 15) is 4.79 Å². The minimum absolute atomic E-state index is 0.173. The van der Waals surface area contributed by atoms with Crippen molar-refractivity contribution < 1.29 is 9.53 Å². The Morgan fingerprint density at radius 2 is 2.05 bits per heavy atom. The lowest BCUT2D eigenvalue weighted by Crippen LogP contribution is -2.53. The predicted octanol–water partition coefficient (Wildman–Crippen LogP) is 1.13. The molecule has 5 nitrogen and oxygen atoms in total. The average molecular weight is 269 g/mol. The topological polar surface area (TPSA) is 58.8 Å². The fourth-order valence-corrected chi connectivity index (χ4v) is 3.33. The predicted molar refractivity (Wildman–Crippen MR) is 74.9 cm³/mol. The van der Waals surface area contributed by atoms with Gasteiger partial charge in [-0.05, 0) is 52.6 Å². The van der Waals surface area contributed by atoms with Crippen LogP contribution < -0.4 is 5.73 Å². The molecule has 0 aromatic carbocycles. The number of carbonyl (C=O) groups is 1. The SMILES string of the molecule is CN1CC2C(CN)CCN(C(=O)OC(C)(C)C)C2C1. The summed E-state index contributed by atoms with van der Waals surface area (Å²) in [5, 5.41) is 0. The zero-order valence-electron chi connectivity index (χ0n) is 12.6. The largest absolute Gasteiger partial charge is 0.444 e. The molecule has 3 atom stereocenters. The number of ether oxygens (including phenoxy) is 1. The van der Waals surface area contributed by atoms with Crippen LogP contribution in [0.25, 0.3) is 0 Å². The summed E-state index contributed by atoms with van der Waals surface area (Å²) in [6.07, 6.45) is 0.818. The van der Waals surface area contributed by atoms with E-state index in [0.29, 0.717) is 11.8 Å². The number of hydrogen-bond donors (Lipinski definition) is 1. The maximum atomic E-state index is 12.3. The smallest absolute Gasteiger partial charge is 0.410 e. The third-order valence-electron chi connectivity index (χ3n) is 4.19. The lowest BCUT2D eigenvalue weighted by atomic mass is 9.81. The number of amides is 1. The minimum Gasteiger partial charge on any atom is -0.444 e. The highest BCUT2D eigenvalue weighted by atomic mass is 16.6. The molecule has 2 saturated heterocycles. The number of nitrogens with two attached hydrogens (primary N) is 1. The first kappa shape index (κ1) is 14.6. The molecule has 5 heteroatoms. The number of rotatable bonds is 1. The van der Waals surface area contributed by atoms with Crippen LogP contribution in [0.3, 0.4) is 0 Å². The first-order chi connectivity index (χ1) is 8.81. The van der Waals surface area contributed by atoms with Gasteiger partial charge in [0.2, 0.25) is 0 Å². The molecule has 2 aliphatic heterocycles. The van der Waals surface area contributed by atoms with Gasteiger partial charge in [-0.25, -0.2) is 4.79 Å². The van der Waals surface area contributed by atoms with Crippen LogP contribution in [0.4, 0.5) is 4.79 Å². The molecule has 2 rings (SSSR count). The van der Waals surface area contributed by atoms with Gasteiger partial charge in [-0.2, -0.15) is 0 Å². The van der Waals surface area contributed by atoms with Gasteiger partial charge in [-0.3, -0.25) is 0 Å². The quantitative estimate of drug-likeness (QED) is 0.775. The van der Waals surface area contributed by atoms with Gasteiger partial charge in [0.15, 0.2) is 0 Å². The van der Waals surface area contributed by atoms with Crippen LogP contribution in [-0.2, 0) is 4.74 Å². The molecular formula is C14H27N3O2. The molecule has 110 valence electrons. The lowest BCUT2D eigenvalue weighted by molar-refractivity contribution is -0.00104. The summed E-state index contributed by atoms with van der Waals surface area (Å²) >= 11 is 0. The van der Waals surface area contributed by atoms with Crippen LogP contribution >= 0.6 is 0 Å². The van der Waals surface area contributed by atoms with Gasteiger partial charge in [-0.1, -0.05) is 0 Å². The molecule has 3 unspecified atom stereocenters. The molecular weight excluding hydrogens is 242 g/mol. The maximum Gasteiger partial charge on any atom is 0.410 e. The second-order valence-electron chi connectivity index (χ2n) is 6.91. The molecule has 0 bridgehead atoms. The Bertz CT molecular complexity index is 340. The van der Waals surface area contributed by atoms with Crippen molar-refractivity contribution in [3.63, 3.8) is 0 Å². The average Bonchev–Trinajstić information content (AvgIpc) is 2.66. The molecule has 2 aliphatic rings. The molecule has 0 aliphatic carbocycles. The number of fused-ring (bicyclic) bond motifs is 1. The van der Waals surface area contributed by atoms with Crippen LogP contribution in [0.15, 0.2) is 0 Å². The second kappa shape index (κ2) is 5.29. The molecule has 0 spiro atoms. The molecule has 2 N–H and O–H groups in total. The van der Waals surface area contributed by atoms with Crippen molar-refractivity contribution in [1.29, 1.82) is 0 Å². The molecule has 0 aromatic rings. The molecule has 2 heterocycles. The van der Waals surface area contributed by atoms with Crippen molar-refractivity contribution in [2.45, 2.75) is 38.8 Å². The molecule has 0 radical (unpaired) electrons. The van der Waals surface area contributed by atoms with Crippen molar-refractivity contribution in [2.75, 3.05) is 33.2 Å². The van der Waals surface area contributed by atoms with Crippen molar-refractivity contribution in [3.05, 3.63) is 0 Å². The van der Waals surface area contributed by atoms with E-state index in [1.54, 1.807) is 0 Å². The van der Waals surface area contributed by atoms with Gasteiger partial charge in [-0.15, -0.1) is 0 Å². The highest BCUT2D eigenvalue weighted by Crippen LogP contribution is 2.34. The normalized spacial score (nSPS) is 32.3. The molecule has 1 amide bonds. The van der Waals surface area contributed by atoms with Crippen molar-refractivity contribution >= 4 is 6.09 Å². The summed E-state index contributed by atoms with van der Waals surface area (Å²) in [6.45, 7) is 9.19. The van der Waals surface area contributed by atoms with Crippen LogP contribution in [0.1, 0.15) is 27.2 Å². The molecule has 0 aromatic heterocycles. The third-order valence-corrected chi connectivity index (χ3v) is 4.19. The van der Waals surface area contributed by atoms with Gasteiger partial charge in [0.25, 0.3) is 0 Å². The zero-order valence-corrected chi connectivity index (χ0v) is 12.6. The van der Waals surface area contributed by atoms with E-state index in [2.05, 4.69) is 11.9 Å². The Kier molecular flexibility index (Phi) is 4.06. The Balaban J connectivity index is 2.08. The van der Waals surface area contributed by atoms with Crippen LogP contribution in [-0.4, -0.2) is 60.8 Å². The number of likely N-dealkylation sites (N-methyl/N-ethyl adjacent to an activating group) is 1. The van der Waals surface area contributed by atoms with E-state index in [1.807, 2.05) is 25.7 Å². The van der Waals surface area contributed by atoms with Gasteiger partial charge < -0.3 is 20.3 Å². The van der Waals surface area contributed by atoms with Gasteiger partial charge in [0.1, 0.15) is 5.60 Å². The Hall–Kier alpha value is -0.810. The summed E-state index contributed by atoms with van der Waals surface area (Å²) in [6, 6.07) is 0.266. The van der Waals surface area contributed by atoms with E-state index >= 15 is 0 Å². The fourth-order valence-electron chi connectivity index (χ4n) is 3.33. The first-order valence-corrected chi connectivity index (χ1v) is 7.20. The fraction of sp³-hybridized carbons (Fsp3) is 0.929. The van der Waals surface area contributed by atoms with E-state index < -0.39 is 5.60 Å². The van der Waals surface area contributed by atoms with Gasteiger partial charge in [0, 0.05) is 19.6 Å². The van der Waals surface area contributed by atoms with Gasteiger partial charge in [0.05, 0.1) is 6.04 Å². The zero-order chi connectivity index (χ0) is 14.2. The molecule has 2 fully saturated rings. The standard InChI is InChI=1S/C14H27N3O2/c1-14(2,3)19-13(18)17-6-5-10(7-15)11-8-16(4)9-12(11)17/h10-12H,5-9,15H2,1-4H3. The Labute approximate surface area is 116 Å². The van der Waals surface area contributed by atoms with E-state index in [4.69, 9.17) is 10.5 Å². The Morgan fingerprint density at radius 1 is 1.37 bits per heavy atom. The number of hydrogen-bond acceptors (Lipinski definition) is 4. The van der Waals surface area contributed by atoms with E-state index in [1.165, 1.54) is 0 Å². The van der Waals surface area contributed by atoms with Crippen LogP contribution in [0.2, 0.25) is 0 Å². The van der Waals surface area contributed by atoms with E-state index in [-0.39, 0.29) is 12.1 Å². The van der Waals surface area contributed by atoms with Crippen LogP contribution in [0, 0.1) is 11.8 Å². The van der Waals surface area contributed by atoms with E-state index in [0.717, 1.165) is 32.6 Å². The van der Waals surface area contributed by atoms with Crippen molar-refractivity contribution in [3.8, 4) is 0 Å². The Morgan fingerprint density at radius 3 is 2.63 bits per heavy atom. The molecule has 0 saturated carbocycles. The monoisotopic (exact) mass is 269 g/mol. The number of nitrogens with zero attached hydrogens (tertiary/aromatic N) is 2. The number of likely N-dealkylation sites (tertiary alicyclic amines) is 2. The summed E-state index contributed by atoms with van der Waals surface area (Å²) < 4.78 is 5.53. The summed E-state index contributed by atoms with van der Waals surface area (Å²) in [4.78, 5) is 16.5. The minimum atomic E-state index is -0.429. The number of carbonyl (C=O) groups excluding carboxylic acids is 1. The lowest BCUT2D eigenvalue weighted by Gasteiger charge is -2.41. The molecule has 19 heavy (non-hydrogen) atoms. The summed E-state index contributed by atoms with van der Waals surface area (Å²) in [5.41, 5.74) is 5.45. The van der Waals surface area contributed by atoms with Crippen molar-refractivity contribution in [1.82, 2.24) is 9.80 Å². The summed E-state index contributed by atoms with van der Waals surface area (Å²) in [7, 11) is 2.11. The second-order valence-corrected chi connectivity index (χ2v) is 6.91. The maximum absolute atomic E-state index is 12.3. The number of piperidine rings is 1. The van der Waals surface area contributed by atoms with Gasteiger partial charge >= 0.3 is 6.09 Å². The highest BCUT2D eigenvalue weighted by molar-refractivity contribution is 5.69. The third kappa shape index (κ3) is 3.20. The van der Waals surface area contributed by atoms with Crippen LogP contribution in [0.5, 0.6) is 0 Å². The summed E-state index contributed by atoms with van der Waals surface area (Å²) in [5.74, 6) is 1.03.